The molecule has 0 atom stereocenters. The summed E-state index contributed by atoms with van der Waals surface area (Å²) in [5, 5.41) is 0. The number of rotatable bonds is 1. The maximum Gasteiger partial charge on any atom is 0.133 e. The van der Waals surface area contributed by atoms with Crippen LogP contribution in [-0.2, 0) is 4.43 Å². The normalized spacial score (nSPS) is 16.2. The lowest BCUT2D eigenvalue weighted by atomic mass is 11.8. The van der Waals surface area contributed by atoms with Crippen molar-refractivity contribution in [3.05, 3.63) is 0 Å². The van der Waals surface area contributed by atoms with Crippen molar-refractivity contribution < 1.29 is 4.43 Å². The van der Waals surface area contributed by atoms with E-state index in [0.717, 1.165) is 0 Å². The van der Waals surface area contributed by atoms with Crippen molar-refractivity contribution in [1.29, 1.82) is 0 Å². The largest absolute Gasteiger partial charge is 0.432 e. The smallest absolute Gasteiger partial charge is 0.133 e. The van der Waals surface area contributed by atoms with Crippen LogP contribution in [0.15, 0.2) is 0 Å². The van der Waals surface area contributed by atoms with Gasteiger partial charge >= 0.3 is 0 Å². The molecule has 0 spiro atoms. The Balaban J connectivity index is 2.54. The van der Waals surface area contributed by atoms with Crippen LogP contribution >= 0.6 is 0 Å². The molecular weight excluding hydrogens is 112 g/mol. The molecule has 0 aliphatic rings. The van der Waals surface area contributed by atoms with Gasteiger partial charge in [-0.05, 0) is 0 Å². The van der Waals surface area contributed by atoms with Gasteiger partial charge in [-0.2, -0.15) is 0 Å². The van der Waals surface area contributed by atoms with Crippen LogP contribution < -0.4 is 0 Å². The third-order valence-electron chi connectivity index (χ3n) is 0.471. The molecule has 0 radical (unpaired) electrons. The summed E-state index contributed by atoms with van der Waals surface area (Å²) in [6.45, 7) is 0. The first-order valence-corrected chi connectivity index (χ1v) is 11.5. The van der Waals surface area contributed by atoms with Gasteiger partial charge in [0.1, 0.15) is 8.08 Å². The third kappa shape index (κ3) is 4.61. The molecule has 0 aromatic carbocycles. The summed E-state index contributed by atoms with van der Waals surface area (Å²) in [7, 11) is 4.15. The molecule has 0 saturated carbocycles. The lowest BCUT2D eigenvalue weighted by Gasteiger charge is -1.92. The zero-order chi connectivity index (χ0) is 4.28. The van der Waals surface area contributed by atoms with E-state index in [1.165, 1.54) is 19.5 Å². The Morgan fingerprint density at radius 3 is 1.80 bits per heavy atom. The lowest BCUT2D eigenvalue weighted by Crippen LogP contribution is -2.15. The molecule has 0 saturated heterocycles. The second-order valence-corrected chi connectivity index (χ2v) is 20.5. The molecule has 0 rings (SSSR count). The third-order valence-corrected chi connectivity index (χ3v) is 4.24. The second-order valence-electron chi connectivity index (χ2n) is 1.28. The second kappa shape index (κ2) is 2.83. The molecule has 0 aliphatic heterocycles. The van der Waals surface area contributed by atoms with Gasteiger partial charge in [0.05, 0.1) is 0 Å². The maximum atomic E-state index is 5.01. The fourth-order valence-electron chi connectivity index (χ4n) is 0. The fourth-order valence-corrected chi connectivity index (χ4v) is 0. The van der Waals surface area contributed by atoms with Gasteiger partial charge in [0.25, 0.3) is 0 Å². The van der Waals surface area contributed by atoms with E-state index < -0.39 is 0 Å². The van der Waals surface area contributed by atoms with E-state index in [1.807, 2.05) is 7.11 Å². The zero-order valence-corrected chi connectivity index (χ0v) is 9.14. The van der Waals surface area contributed by atoms with Gasteiger partial charge in [0, 0.05) is 26.6 Å². The van der Waals surface area contributed by atoms with E-state index in [9.17, 15) is 0 Å². The lowest BCUT2D eigenvalue weighted by molar-refractivity contribution is 0.448. The Morgan fingerprint density at radius 1 is 1.60 bits per heavy atom. The van der Waals surface area contributed by atoms with Crippen LogP contribution in [0, 0.1) is 0 Å². The summed E-state index contributed by atoms with van der Waals surface area (Å²) in [6.07, 6.45) is 0. The minimum absolute atomic E-state index is 0.372. The average molecular weight is 122 g/mol. The molecule has 32 valence electrons. The first kappa shape index (κ1) is 5.61. The number of hydrogen-bond acceptors (Lipinski definition) is 1. The Labute approximate surface area is 39.9 Å². The van der Waals surface area contributed by atoms with E-state index in [2.05, 4.69) is 0 Å². The van der Waals surface area contributed by atoms with Gasteiger partial charge in [0.15, 0.2) is 0 Å². The highest BCUT2D eigenvalue weighted by Gasteiger charge is 1.83. The van der Waals surface area contributed by atoms with E-state index in [4.69, 9.17) is 4.43 Å². The summed E-state index contributed by atoms with van der Waals surface area (Å²) in [5.41, 5.74) is 0. The van der Waals surface area contributed by atoms with Gasteiger partial charge < -0.3 is 4.43 Å². The van der Waals surface area contributed by atoms with E-state index in [1.54, 1.807) is 0 Å². The first-order valence-electron chi connectivity index (χ1n) is 1.80. The summed E-state index contributed by atoms with van der Waals surface area (Å²) in [6, 6.07) is 0. The van der Waals surface area contributed by atoms with Crippen LogP contribution in [0.5, 0.6) is 0 Å². The van der Waals surface area contributed by atoms with Crippen molar-refractivity contribution in [2.24, 2.45) is 0 Å². The topological polar surface area (TPSA) is 9.23 Å². The Morgan fingerprint density at radius 2 is 1.80 bits per heavy atom. The molecule has 1 nitrogen and oxygen atoms in total. The van der Waals surface area contributed by atoms with Crippen LogP contribution in [0.2, 0.25) is 0 Å². The first-order chi connectivity index (χ1) is 2.27. The maximum absolute atomic E-state index is 5.01. The fraction of sp³-hybridized carbons (Fsp3) is 1.00. The van der Waals surface area contributed by atoms with Crippen molar-refractivity contribution in [2.75, 3.05) is 7.11 Å². The summed E-state index contributed by atoms with van der Waals surface area (Å²) in [5.74, 6) is 0. The predicted molar refractivity (Wildman–Crippen MR) is 34.0 cm³/mol. The highest BCUT2D eigenvalue weighted by Crippen LogP contribution is 1.57. The van der Waals surface area contributed by atoms with Crippen LogP contribution in [0.4, 0.5) is 0 Å². The predicted octanol–water partition coefficient (Wildman–Crippen LogP) is -2.92. The molecule has 0 bridgehead atoms. The van der Waals surface area contributed by atoms with Crippen molar-refractivity contribution >= 4 is 27.6 Å². The molecule has 0 unspecified atom stereocenters. The van der Waals surface area contributed by atoms with Gasteiger partial charge in [-0.15, -0.1) is 0 Å². The van der Waals surface area contributed by atoms with E-state index in [-0.39, 0.29) is 8.08 Å². The van der Waals surface area contributed by atoms with Crippen molar-refractivity contribution in [1.82, 2.24) is 0 Å². The molecule has 0 aromatic heterocycles. The molecule has 4 heteroatoms. The SMILES string of the molecule is CO[SiH]([SiH3])[SiH3]. The minimum atomic E-state index is -0.372. The van der Waals surface area contributed by atoms with Crippen LogP contribution in [0.1, 0.15) is 0 Å². The molecule has 0 amide bonds. The zero-order valence-electron chi connectivity index (χ0n) is 3.99. The Kier molecular flexibility index (Phi) is 3.17. The molecule has 0 N–H and O–H groups in total. The van der Waals surface area contributed by atoms with Gasteiger partial charge in [-0.1, -0.05) is 0 Å². The van der Waals surface area contributed by atoms with Crippen molar-refractivity contribution in [2.45, 2.75) is 0 Å². The molecule has 0 heterocycles. The average Bonchev–Trinajstić information content (AvgIpc) is 1.38. The molecule has 0 aliphatic carbocycles. The molecule has 5 heavy (non-hydrogen) atoms. The highest BCUT2D eigenvalue weighted by atomic mass is 29.5. The van der Waals surface area contributed by atoms with Crippen molar-refractivity contribution in [3.8, 4) is 0 Å². The Hall–Kier alpha value is 0.611. The summed E-state index contributed by atoms with van der Waals surface area (Å²) >= 11 is 0. The quantitative estimate of drug-likeness (QED) is 0.339. The summed E-state index contributed by atoms with van der Waals surface area (Å²) < 4.78 is 5.01. The Bertz CT molecular complexity index is 20.9. The molecule has 0 fully saturated rings. The summed E-state index contributed by atoms with van der Waals surface area (Å²) in [4.78, 5) is 0. The molecule has 0 aromatic rings. The van der Waals surface area contributed by atoms with E-state index >= 15 is 0 Å². The van der Waals surface area contributed by atoms with Gasteiger partial charge in [0.2, 0.25) is 0 Å². The van der Waals surface area contributed by atoms with Crippen LogP contribution in [-0.4, -0.2) is 34.7 Å². The van der Waals surface area contributed by atoms with Crippen LogP contribution in [0.3, 0.4) is 0 Å². The van der Waals surface area contributed by atoms with Crippen LogP contribution in [0.25, 0.3) is 0 Å². The standard InChI is InChI=1S/CH10OSi3/c1-2-5(3)4/h5H,1,3-4H3. The van der Waals surface area contributed by atoms with Gasteiger partial charge in [-0.3, -0.25) is 0 Å². The van der Waals surface area contributed by atoms with Crippen molar-refractivity contribution in [3.63, 3.8) is 0 Å². The molecular formula is CH10OSi3. The van der Waals surface area contributed by atoms with E-state index in [0.29, 0.717) is 0 Å². The van der Waals surface area contributed by atoms with Gasteiger partial charge in [-0.25, -0.2) is 0 Å². The minimum Gasteiger partial charge on any atom is -0.432 e. The number of hydrogen-bond donors (Lipinski definition) is 0. The monoisotopic (exact) mass is 122 g/mol. The highest BCUT2D eigenvalue weighted by molar-refractivity contribution is 7.26.